The maximum atomic E-state index is 12.6. The van der Waals surface area contributed by atoms with E-state index in [4.69, 9.17) is 0 Å². The topological polar surface area (TPSA) is 74.1 Å². The number of nitrogens with zero attached hydrogens (tertiary/aromatic N) is 3. The molecule has 1 atom stereocenters. The minimum absolute atomic E-state index is 0.0888. The summed E-state index contributed by atoms with van der Waals surface area (Å²) < 4.78 is 0. The molecule has 1 aliphatic heterocycles. The molecule has 0 spiro atoms. The number of hydrogen-bond donors (Lipinski definition) is 0. The standard InChI is InChI=1S/C18H23N3O2S/c1-11-5-7-21(8-6-11)18(23)14(4)24-17-15(10-19)9-16(13(3)22)12(2)20-17/h9,11,14H,5-8H2,1-4H3. The molecule has 6 heteroatoms. The molecular formula is C18H23N3O2S. The Hall–Kier alpha value is -1.87. The van der Waals surface area contributed by atoms with Crippen LogP contribution in [0.25, 0.3) is 0 Å². The Morgan fingerprint density at radius 1 is 1.42 bits per heavy atom. The number of likely N-dealkylation sites (tertiary alicyclic amines) is 1. The number of ketones is 1. The van der Waals surface area contributed by atoms with E-state index in [1.54, 1.807) is 13.0 Å². The Morgan fingerprint density at radius 2 is 2.04 bits per heavy atom. The van der Waals surface area contributed by atoms with E-state index in [-0.39, 0.29) is 16.9 Å². The minimum Gasteiger partial charge on any atom is -0.342 e. The molecule has 0 saturated carbocycles. The number of aromatic nitrogens is 1. The van der Waals surface area contributed by atoms with Crippen LogP contribution in [0.3, 0.4) is 0 Å². The Balaban J connectivity index is 2.15. The Kier molecular flexibility index (Phi) is 6.00. The number of Topliss-reactive ketones (excluding diaryl/α,β-unsaturated/α-hetero) is 1. The summed E-state index contributed by atoms with van der Waals surface area (Å²) >= 11 is 1.30. The van der Waals surface area contributed by atoms with Crippen molar-refractivity contribution in [1.82, 2.24) is 9.88 Å². The third-order valence-electron chi connectivity index (χ3n) is 4.41. The first kappa shape index (κ1) is 18.5. The third-order valence-corrected chi connectivity index (χ3v) is 5.50. The van der Waals surface area contributed by atoms with Crippen molar-refractivity contribution in [2.75, 3.05) is 13.1 Å². The predicted octanol–water partition coefficient (Wildman–Crippen LogP) is 3.20. The Labute approximate surface area is 147 Å². The average Bonchev–Trinajstić information content (AvgIpc) is 2.54. The van der Waals surface area contributed by atoms with Crippen LogP contribution in [-0.2, 0) is 4.79 Å². The van der Waals surface area contributed by atoms with E-state index in [1.807, 2.05) is 11.8 Å². The fourth-order valence-corrected chi connectivity index (χ4v) is 3.82. The number of hydrogen-bond acceptors (Lipinski definition) is 5. The van der Waals surface area contributed by atoms with Gasteiger partial charge in [-0.3, -0.25) is 9.59 Å². The van der Waals surface area contributed by atoms with Crippen molar-refractivity contribution in [3.63, 3.8) is 0 Å². The number of aryl methyl sites for hydroxylation is 1. The molecule has 0 bridgehead atoms. The number of piperidine rings is 1. The largest absolute Gasteiger partial charge is 0.342 e. The predicted molar refractivity (Wildman–Crippen MR) is 94.0 cm³/mol. The summed E-state index contributed by atoms with van der Waals surface area (Å²) in [7, 11) is 0. The second-order valence-corrected chi connectivity index (χ2v) is 7.74. The van der Waals surface area contributed by atoms with E-state index < -0.39 is 0 Å². The molecule has 1 amide bonds. The normalized spacial score (nSPS) is 16.5. The number of rotatable bonds is 4. The highest BCUT2D eigenvalue weighted by Gasteiger charge is 2.26. The van der Waals surface area contributed by atoms with Gasteiger partial charge in [0.1, 0.15) is 11.1 Å². The molecule has 2 rings (SSSR count). The number of nitriles is 1. The Bertz CT molecular complexity index is 688. The van der Waals surface area contributed by atoms with Crippen LogP contribution in [0.5, 0.6) is 0 Å². The van der Waals surface area contributed by atoms with Crippen LogP contribution in [0, 0.1) is 24.2 Å². The maximum Gasteiger partial charge on any atom is 0.235 e. The number of pyridine rings is 1. The quantitative estimate of drug-likeness (QED) is 0.619. The van der Waals surface area contributed by atoms with E-state index in [0.29, 0.717) is 27.8 Å². The number of carbonyl (C=O) groups excluding carboxylic acids is 2. The molecule has 0 N–H and O–H groups in total. The lowest BCUT2D eigenvalue weighted by molar-refractivity contribution is -0.131. The van der Waals surface area contributed by atoms with E-state index in [9.17, 15) is 14.9 Å². The lowest BCUT2D eigenvalue weighted by Gasteiger charge is -2.32. The molecule has 1 aliphatic rings. The molecule has 24 heavy (non-hydrogen) atoms. The molecule has 0 radical (unpaired) electrons. The molecule has 128 valence electrons. The van der Waals surface area contributed by atoms with Crippen LogP contribution in [0.1, 0.15) is 55.2 Å². The van der Waals surface area contributed by atoms with E-state index in [0.717, 1.165) is 25.9 Å². The van der Waals surface area contributed by atoms with Crippen molar-refractivity contribution in [1.29, 1.82) is 5.26 Å². The summed E-state index contributed by atoms with van der Waals surface area (Å²) in [5.41, 5.74) is 1.40. The van der Waals surface area contributed by atoms with Gasteiger partial charge in [-0.2, -0.15) is 5.26 Å². The summed E-state index contributed by atoms with van der Waals surface area (Å²) in [5.74, 6) is 0.649. The molecule has 2 heterocycles. The highest BCUT2D eigenvalue weighted by Crippen LogP contribution is 2.28. The minimum atomic E-state index is -0.305. The summed E-state index contributed by atoms with van der Waals surface area (Å²) in [5, 5.41) is 9.55. The third kappa shape index (κ3) is 4.15. The van der Waals surface area contributed by atoms with Crippen LogP contribution in [-0.4, -0.2) is 39.9 Å². The lowest BCUT2D eigenvalue weighted by atomic mass is 9.99. The van der Waals surface area contributed by atoms with Gasteiger partial charge in [-0.25, -0.2) is 4.98 Å². The zero-order chi connectivity index (χ0) is 17.9. The first-order chi connectivity index (χ1) is 11.3. The van der Waals surface area contributed by atoms with Gasteiger partial charge in [-0.15, -0.1) is 0 Å². The number of carbonyl (C=O) groups is 2. The Morgan fingerprint density at radius 3 is 2.58 bits per heavy atom. The van der Waals surface area contributed by atoms with Gasteiger partial charge < -0.3 is 4.90 Å². The van der Waals surface area contributed by atoms with Crippen LogP contribution in [0.4, 0.5) is 0 Å². The summed E-state index contributed by atoms with van der Waals surface area (Å²) in [6.07, 6.45) is 2.08. The van der Waals surface area contributed by atoms with Crippen molar-refractivity contribution in [2.45, 2.75) is 50.8 Å². The van der Waals surface area contributed by atoms with Crippen molar-refractivity contribution in [3.05, 3.63) is 22.9 Å². The summed E-state index contributed by atoms with van der Waals surface area (Å²) in [6.45, 7) is 8.87. The fraction of sp³-hybridized carbons (Fsp3) is 0.556. The molecule has 1 aromatic heterocycles. The summed E-state index contributed by atoms with van der Waals surface area (Å²) in [4.78, 5) is 30.5. The summed E-state index contributed by atoms with van der Waals surface area (Å²) in [6, 6.07) is 3.66. The van der Waals surface area contributed by atoms with Crippen molar-refractivity contribution in [3.8, 4) is 6.07 Å². The molecule has 0 aliphatic carbocycles. The van der Waals surface area contributed by atoms with Gasteiger partial charge in [0.25, 0.3) is 0 Å². The number of amides is 1. The van der Waals surface area contributed by atoms with Gasteiger partial charge in [0, 0.05) is 24.3 Å². The van der Waals surface area contributed by atoms with Gasteiger partial charge in [0.2, 0.25) is 5.91 Å². The van der Waals surface area contributed by atoms with Crippen LogP contribution in [0.2, 0.25) is 0 Å². The van der Waals surface area contributed by atoms with Gasteiger partial charge in [-0.1, -0.05) is 18.7 Å². The highest BCUT2D eigenvalue weighted by molar-refractivity contribution is 8.00. The maximum absolute atomic E-state index is 12.6. The monoisotopic (exact) mass is 345 g/mol. The van der Waals surface area contributed by atoms with E-state index in [2.05, 4.69) is 18.0 Å². The average molecular weight is 345 g/mol. The number of thioether (sulfide) groups is 1. The highest BCUT2D eigenvalue weighted by atomic mass is 32.2. The molecule has 5 nitrogen and oxygen atoms in total. The molecule has 0 aromatic carbocycles. The zero-order valence-corrected chi connectivity index (χ0v) is 15.4. The van der Waals surface area contributed by atoms with Crippen LogP contribution in [0.15, 0.2) is 11.1 Å². The zero-order valence-electron chi connectivity index (χ0n) is 14.6. The van der Waals surface area contributed by atoms with Crippen molar-refractivity contribution in [2.24, 2.45) is 5.92 Å². The van der Waals surface area contributed by atoms with Gasteiger partial charge in [0.05, 0.1) is 10.8 Å². The van der Waals surface area contributed by atoms with E-state index in [1.165, 1.54) is 18.7 Å². The van der Waals surface area contributed by atoms with Gasteiger partial charge in [-0.05, 0) is 45.6 Å². The van der Waals surface area contributed by atoms with E-state index >= 15 is 0 Å². The molecule has 1 aromatic rings. The van der Waals surface area contributed by atoms with Crippen LogP contribution >= 0.6 is 11.8 Å². The van der Waals surface area contributed by atoms with Gasteiger partial charge >= 0.3 is 0 Å². The first-order valence-corrected chi connectivity index (χ1v) is 9.09. The van der Waals surface area contributed by atoms with Crippen molar-refractivity contribution >= 4 is 23.5 Å². The fourth-order valence-electron chi connectivity index (χ4n) is 2.81. The molecular weight excluding hydrogens is 322 g/mol. The van der Waals surface area contributed by atoms with Crippen molar-refractivity contribution < 1.29 is 9.59 Å². The van der Waals surface area contributed by atoms with Crippen LogP contribution < -0.4 is 0 Å². The SMILES string of the molecule is CC(=O)c1cc(C#N)c(SC(C)C(=O)N2CCC(C)CC2)nc1C. The first-order valence-electron chi connectivity index (χ1n) is 8.21. The van der Waals surface area contributed by atoms with Gasteiger partial charge in [0.15, 0.2) is 5.78 Å². The molecule has 1 fully saturated rings. The second kappa shape index (κ2) is 7.80. The smallest absolute Gasteiger partial charge is 0.235 e. The second-order valence-electron chi connectivity index (χ2n) is 6.41. The lowest BCUT2D eigenvalue weighted by Crippen LogP contribution is -2.41. The molecule has 1 unspecified atom stereocenters. The molecule has 1 saturated heterocycles.